The monoisotopic (exact) mass is 361 g/mol. The van der Waals surface area contributed by atoms with Gasteiger partial charge in [-0.2, -0.15) is 4.73 Å². The molecule has 3 rings (SSSR count). The van der Waals surface area contributed by atoms with E-state index < -0.39 is 0 Å². The number of pyridine rings is 1. The fraction of sp³-hybridized carbons (Fsp3) is 0.0952. The van der Waals surface area contributed by atoms with Crippen LogP contribution in [0.15, 0.2) is 73.1 Å². The molecule has 0 unspecified atom stereocenters. The van der Waals surface area contributed by atoms with Gasteiger partial charge in [-0.1, -0.05) is 29.8 Å². The van der Waals surface area contributed by atoms with Crippen LogP contribution in [-0.2, 0) is 6.54 Å². The summed E-state index contributed by atoms with van der Waals surface area (Å²) in [5.74, 6) is -0.462. The van der Waals surface area contributed by atoms with Crippen LogP contribution in [0.4, 0.5) is 5.69 Å². The number of benzene rings is 2. The van der Waals surface area contributed by atoms with Crippen LogP contribution in [0.2, 0.25) is 0 Å². The second-order valence-corrected chi connectivity index (χ2v) is 6.15. The van der Waals surface area contributed by atoms with Crippen LogP contribution in [0.3, 0.4) is 0 Å². The van der Waals surface area contributed by atoms with E-state index in [4.69, 9.17) is 0 Å². The van der Waals surface area contributed by atoms with E-state index in [0.717, 1.165) is 11.1 Å². The van der Waals surface area contributed by atoms with Gasteiger partial charge in [-0.05, 0) is 36.8 Å². The minimum atomic E-state index is -0.273. The molecular weight excluding hydrogens is 342 g/mol. The van der Waals surface area contributed by atoms with Gasteiger partial charge in [0.25, 0.3) is 11.8 Å². The van der Waals surface area contributed by atoms with Crippen molar-refractivity contribution < 1.29 is 14.3 Å². The fourth-order valence-corrected chi connectivity index (χ4v) is 2.52. The maximum atomic E-state index is 12.3. The standard InChI is InChI=1S/C21H19N3O3/c1-15-5-7-17(8-6-15)21(26)23-19-4-2-3-16(13-19)14-22-20(25)18-9-11-24(27)12-10-18/h2-13H,14H2,1H3,(H,22,25)(H,23,26). The van der Waals surface area contributed by atoms with Crippen molar-refractivity contribution in [2.24, 2.45) is 0 Å². The second kappa shape index (κ2) is 8.14. The van der Waals surface area contributed by atoms with E-state index in [9.17, 15) is 14.8 Å². The first-order valence-electron chi connectivity index (χ1n) is 8.45. The largest absolute Gasteiger partial charge is 0.619 e. The zero-order valence-electron chi connectivity index (χ0n) is 14.8. The summed E-state index contributed by atoms with van der Waals surface area (Å²) in [5.41, 5.74) is 3.58. The number of anilines is 1. The first-order chi connectivity index (χ1) is 13.0. The summed E-state index contributed by atoms with van der Waals surface area (Å²) < 4.78 is 0.622. The van der Waals surface area contributed by atoms with E-state index in [2.05, 4.69) is 10.6 Å². The molecule has 0 bridgehead atoms. The van der Waals surface area contributed by atoms with Gasteiger partial charge in [0.05, 0.1) is 5.56 Å². The van der Waals surface area contributed by atoms with Gasteiger partial charge < -0.3 is 15.8 Å². The lowest BCUT2D eigenvalue weighted by Gasteiger charge is -2.09. The number of aryl methyl sites for hydroxylation is 1. The Labute approximate surface area is 157 Å². The number of carbonyl (C=O) groups excluding carboxylic acids is 2. The lowest BCUT2D eigenvalue weighted by atomic mass is 10.1. The molecule has 0 aliphatic heterocycles. The highest BCUT2D eigenvalue weighted by atomic mass is 16.5. The van der Waals surface area contributed by atoms with Crippen LogP contribution in [0.1, 0.15) is 31.8 Å². The summed E-state index contributed by atoms with van der Waals surface area (Å²) >= 11 is 0. The number of amides is 2. The normalized spacial score (nSPS) is 10.3. The molecule has 2 amide bonds. The number of carbonyl (C=O) groups is 2. The number of rotatable bonds is 5. The molecule has 0 radical (unpaired) electrons. The van der Waals surface area contributed by atoms with E-state index in [-0.39, 0.29) is 11.8 Å². The van der Waals surface area contributed by atoms with Crippen molar-refractivity contribution in [3.05, 3.63) is 101 Å². The van der Waals surface area contributed by atoms with Crippen molar-refractivity contribution >= 4 is 17.5 Å². The Balaban J connectivity index is 1.61. The van der Waals surface area contributed by atoms with Gasteiger partial charge in [0.2, 0.25) is 0 Å². The SMILES string of the molecule is Cc1ccc(C(=O)Nc2cccc(CNC(=O)c3cc[n+]([O-])cc3)c2)cc1. The lowest BCUT2D eigenvalue weighted by Crippen LogP contribution is -2.27. The average molecular weight is 361 g/mol. The summed E-state index contributed by atoms with van der Waals surface area (Å²) in [5, 5.41) is 16.7. The average Bonchev–Trinajstić information content (AvgIpc) is 2.67. The molecule has 2 N–H and O–H groups in total. The predicted octanol–water partition coefficient (Wildman–Crippen LogP) is 2.81. The first kappa shape index (κ1) is 18.1. The minimum absolute atomic E-state index is 0.189. The highest BCUT2D eigenvalue weighted by Crippen LogP contribution is 2.13. The van der Waals surface area contributed by atoms with Crippen LogP contribution in [0, 0.1) is 12.1 Å². The topological polar surface area (TPSA) is 85.1 Å². The zero-order chi connectivity index (χ0) is 19.2. The zero-order valence-corrected chi connectivity index (χ0v) is 14.8. The lowest BCUT2D eigenvalue weighted by molar-refractivity contribution is -0.605. The molecule has 0 saturated carbocycles. The van der Waals surface area contributed by atoms with Crippen molar-refractivity contribution in [2.75, 3.05) is 5.32 Å². The van der Waals surface area contributed by atoms with E-state index in [1.54, 1.807) is 18.2 Å². The molecule has 6 heteroatoms. The third kappa shape index (κ3) is 4.92. The Morgan fingerprint density at radius 1 is 0.926 bits per heavy atom. The van der Waals surface area contributed by atoms with Crippen LogP contribution in [0.5, 0.6) is 0 Å². The van der Waals surface area contributed by atoms with Crippen LogP contribution < -0.4 is 15.4 Å². The molecule has 0 aliphatic carbocycles. The molecule has 0 atom stereocenters. The van der Waals surface area contributed by atoms with Crippen molar-refractivity contribution in [1.82, 2.24) is 5.32 Å². The molecule has 0 fully saturated rings. The summed E-state index contributed by atoms with van der Waals surface area (Å²) in [7, 11) is 0. The first-order valence-corrected chi connectivity index (χ1v) is 8.45. The Morgan fingerprint density at radius 2 is 1.59 bits per heavy atom. The molecule has 6 nitrogen and oxygen atoms in total. The highest BCUT2D eigenvalue weighted by Gasteiger charge is 2.08. The molecule has 2 aromatic carbocycles. The van der Waals surface area contributed by atoms with E-state index in [0.29, 0.717) is 28.1 Å². The number of hydrogen-bond acceptors (Lipinski definition) is 3. The van der Waals surface area contributed by atoms with Gasteiger partial charge in [0.1, 0.15) is 0 Å². The predicted molar refractivity (Wildman–Crippen MR) is 102 cm³/mol. The van der Waals surface area contributed by atoms with E-state index >= 15 is 0 Å². The summed E-state index contributed by atoms with van der Waals surface area (Å²) in [4.78, 5) is 24.4. The molecular formula is C21H19N3O3. The summed E-state index contributed by atoms with van der Waals surface area (Å²) in [6.07, 6.45) is 2.55. The van der Waals surface area contributed by atoms with Gasteiger partial charge in [0.15, 0.2) is 12.4 Å². The molecule has 0 aliphatic rings. The highest BCUT2D eigenvalue weighted by molar-refractivity contribution is 6.04. The van der Waals surface area contributed by atoms with Gasteiger partial charge >= 0.3 is 0 Å². The van der Waals surface area contributed by atoms with Crippen molar-refractivity contribution in [3.8, 4) is 0 Å². The number of hydrogen-bond donors (Lipinski definition) is 2. The number of aromatic nitrogens is 1. The smallest absolute Gasteiger partial charge is 0.255 e. The second-order valence-electron chi connectivity index (χ2n) is 6.15. The molecule has 0 saturated heterocycles. The summed E-state index contributed by atoms with van der Waals surface area (Å²) in [6.45, 7) is 2.27. The molecule has 3 aromatic rings. The number of nitrogens with zero attached hydrogens (tertiary/aromatic N) is 1. The molecule has 27 heavy (non-hydrogen) atoms. The van der Waals surface area contributed by atoms with E-state index in [1.165, 1.54) is 24.5 Å². The Morgan fingerprint density at radius 3 is 2.30 bits per heavy atom. The van der Waals surface area contributed by atoms with Crippen LogP contribution in [0.25, 0.3) is 0 Å². The minimum Gasteiger partial charge on any atom is -0.619 e. The van der Waals surface area contributed by atoms with Gasteiger partial charge in [-0.15, -0.1) is 0 Å². The molecule has 1 aromatic heterocycles. The van der Waals surface area contributed by atoms with Gasteiger partial charge in [0, 0.05) is 29.9 Å². The summed E-state index contributed by atoms with van der Waals surface area (Å²) in [6, 6.07) is 17.5. The maximum absolute atomic E-state index is 12.3. The number of nitrogens with one attached hydrogen (secondary N) is 2. The molecule has 136 valence electrons. The van der Waals surface area contributed by atoms with Crippen molar-refractivity contribution in [3.63, 3.8) is 0 Å². The Hall–Kier alpha value is -3.67. The van der Waals surface area contributed by atoms with E-state index in [1.807, 2.05) is 37.3 Å². The quantitative estimate of drug-likeness (QED) is 0.541. The van der Waals surface area contributed by atoms with Crippen molar-refractivity contribution in [1.29, 1.82) is 0 Å². The fourth-order valence-electron chi connectivity index (χ4n) is 2.52. The third-order valence-corrected chi connectivity index (χ3v) is 4.02. The third-order valence-electron chi connectivity index (χ3n) is 4.02. The molecule has 0 spiro atoms. The van der Waals surface area contributed by atoms with Crippen LogP contribution >= 0.6 is 0 Å². The van der Waals surface area contributed by atoms with Gasteiger partial charge in [-0.25, -0.2) is 0 Å². The Bertz CT molecular complexity index is 951. The Kier molecular flexibility index (Phi) is 5.47. The molecule has 1 heterocycles. The maximum Gasteiger partial charge on any atom is 0.255 e. The van der Waals surface area contributed by atoms with Gasteiger partial charge in [-0.3, -0.25) is 9.59 Å². The van der Waals surface area contributed by atoms with Crippen LogP contribution in [-0.4, -0.2) is 11.8 Å². The van der Waals surface area contributed by atoms with Crippen molar-refractivity contribution in [2.45, 2.75) is 13.5 Å².